The second-order valence-corrected chi connectivity index (χ2v) is 5.84. The van der Waals surface area contributed by atoms with Gasteiger partial charge in [-0.3, -0.25) is 24.7 Å². The molecule has 0 spiro atoms. The third kappa shape index (κ3) is 2.17. The molecule has 8 heteroatoms. The first-order valence-corrected chi connectivity index (χ1v) is 6.92. The fourth-order valence-corrected chi connectivity index (χ4v) is 2.85. The number of carbonyl (C=O) groups is 3. The molecule has 0 bridgehead atoms. The highest BCUT2D eigenvalue weighted by Crippen LogP contribution is 2.29. The second-order valence-electron chi connectivity index (χ2n) is 3.87. The summed E-state index contributed by atoms with van der Waals surface area (Å²) in [5.74, 6) is -0.875. The molecule has 3 rings (SSSR count). The lowest BCUT2D eigenvalue weighted by Gasteiger charge is -2.01. The number of benzene rings is 1. The molecule has 2 N–H and O–H groups in total. The van der Waals surface area contributed by atoms with Gasteiger partial charge in [-0.1, -0.05) is 15.9 Å². The summed E-state index contributed by atoms with van der Waals surface area (Å²) in [5.41, 5.74) is 1.42. The van der Waals surface area contributed by atoms with Crippen LogP contribution in [0.4, 0.5) is 10.5 Å². The maximum absolute atomic E-state index is 11.8. The summed E-state index contributed by atoms with van der Waals surface area (Å²) in [6, 6.07) is 5.28. The molecular formula is C11H6BrN3O3S. The first kappa shape index (κ1) is 12.4. The smallest absolute Gasteiger partial charge is 0.288 e. The zero-order valence-electron chi connectivity index (χ0n) is 9.27. The lowest BCUT2D eigenvalue weighted by molar-refractivity contribution is -0.118. The zero-order valence-corrected chi connectivity index (χ0v) is 11.7. The SMILES string of the molecule is O=C1NC(=O)C(N=C2C(=O)Nc3ccc(Br)cc32)S1. The van der Waals surface area contributed by atoms with Crippen LogP contribution in [-0.2, 0) is 9.59 Å². The molecule has 2 aliphatic heterocycles. The van der Waals surface area contributed by atoms with Crippen molar-refractivity contribution in [3.63, 3.8) is 0 Å². The maximum Gasteiger partial charge on any atom is 0.288 e. The number of nitrogens with one attached hydrogen (secondary N) is 2. The number of halogens is 1. The molecule has 1 fully saturated rings. The van der Waals surface area contributed by atoms with Gasteiger partial charge in [0.05, 0.1) is 5.69 Å². The lowest BCUT2D eigenvalue weighted by atomic mass is 10.1. The molecule has 3 amide bonds. The van der Waals surface area contributed by atoms with Crippen LogP contribution in [0, 0.1) is 0 Å². The highest BCUT2D eigenvalue weighted by molar-refractivity contribution is 9.10. The molecule has 1 unspecified atom stereocenters. The Morgan fingerprint density at radius 1 is 1.21 bits per heavy atom. The average Bonchev–Trinajstić information content (AvgIpc) is 2.81. The van der Waals surface area contributed by atoms with E-state index in [1.165, 1.54) is 0 Å². The minimum atomic E-state index is -0.904. The van der Waals surface area contributed by atoms with Crippen molar-refractivity contribution in [1.29, 1.82) is 0 Å². The van der Waals surface area contributed by atoms with Gasteiger partial charge < -0.3 is 5.32 Å². The molecular weight excluding hydrogens is 334 g/mol. The highest BCUT2D eigenvalue weighted by Gasteiger charge is 2.34. The van der Waals surface area contributed by atoms with Crippen molar-refractivity contribution < 1.29 is 14.4 Å². The molecule has 6 nitrogen and oxygen atoms in total. The molecule has 0 radical (unpaired) electrons. The van der Waals surface area contributed by atoms with Gasteiger partial charge in [-0.05, 0) is 30.0 Å². The topological polar surface area (TPSA) is 87.6 Å². The number of amides is 3. The number of fused-ring (bicyclic) bond motifs is 1. The van der Waals surface area contributed by atoms with Gasteiger partial charge in [0.1, 0.15) is 5.71 Å². The number of hydrogen-bond donors (Lipinski definition) is 2. The van der Waals surface area contributed by atoms with Crippen LogP contribution >= 0.6 is 27.7 Å². The molecule has 2 aliphatic rings. The van der Waals surface area contributed by atoms with Gasteiger partial charge in [0, 0.05) is 10.0 Å². The summed E-state index contributed by atoms with van der Waals surface area (Å²) in [5, 5.41) is 3.43. The summed E-state index contributed by atoms with van der Waals surface area (Å²) in [6.45, 7) is 0. The Hall–Kier alpha value is -1.67. The molecule has 19 heavy (non-hydrogen) atoms. The summed E-state index contributed by atoms with van der Waals surface area (Å²) in [7, 11) is 0. The number of nitrogens with zero attached hydrogens (tertiary/aromatic N) is 1. The van der Waals surface area contributed by atoms with Gasteiger partial charge in [0.25, 0.3) is 17.1 Å². The van der Waals surface area contributed by atoms with Gasteiger partial charge in [-0.15, -0.1) is 0 Å². The number of thioether (sulfide) groups is 1. The number of imide groups is 1. The number of carbonyl (C=O) groups excluding carboxylic acids is 3. The Morgan fingerprint density at radius 3 is 2.68 bits per heavy atom. The Bertz CT molecular complexity index is 659. The van der Waals surface area contributed by atoms with Gasteiger partial charge in [-0.25, -0.2) is 0 Å². The molecule has 0 aliphatic carbocycles. The van der Waals surface area contributed by atoms with Crippen LogP contribution in [0.2, 0.25) is 0 Å². The van der Waals surface area contributed by atoms with Crippen LogP contribution in [-0.4, -0.2) is 28.1 Å². The first-order chi connectivity index (χ1) is 9.04. The second kappa shape index (κ2) is 4.46. The lowest BCUT2D eigenvalue weighted by Crippen LogP contribution is -2.25. The largest absolute Gasteiger partial charge is 0.320 e. The van der Waals surface area contributed by atoms with Gasteiger partial charge in [0.2, 0.25) is 0 Å². The minimum absolute atomic E-state index is 0.165. The molecule has 1 saturated heterocycles. The monoisotopic (exact) mass is 339 g/mol. The molecule has 96 valence electrons. The van der Waals surface area contributed by atoms with Crippen molar-refractivity contribution >= 4 is 56.1 Å². The predicted molar refractivity (Wildman–Crippen MR) is 74.2 cm³/mol. The molecule has 1 aromatic carbocycles. The van der Waals surface area contributed by atoms with E-state index < -0.39 is 16.5 Å². The van der Waals surface area contributed by atoms with Crippen LogP contribution < -0.4 is 10.6 Å². The van der Waals surface area contributed by atoms with Crippen molar-refractivity contribution in [3.05, 3.63) is 28.2 Å². The Balaban J connectivity index is 2.02. The van der Waals surface area contributed by atoms with E-state index in [2.05, 4.69) is 31.6 Å². The molecule has 2 heterocycles. The maximum atomic E-state index is 11.8. The van der Waals surface area contributed by atoms with E-state index in [0.29, 0.717) is 11.3 Å². The number of anilines is 1. The third-order valence-electron chi connectivity index (χ3n) is 2.61. The van der Waals surface area contributed by atoms with Crippen molar-refractivity contribution in [3.8, 4) is 0 Å². The third-order valence-corrected chi connectivity index (χ3v) is 3.97. The van der Waals surface area contributed by atoms with Crippen LogP contribution in [0.3, 0.4) is 0 Å². The first-order valence-electron chi connectivity index (χ1n) is 5.25. The molecule has 0 saturated carbocycles. The number of hydrogen-bond acceptors (Lipinski definition) is 5. The molecule has 1 atom stereocenters. The van der Waals surface area contributed by atoms with Crippen LogP contribution in [0.1, 0.15) is 5.56 Å². The van der Waals surface area contributed by atoms with Crippen molar-refractivity contribution in [2.75, 3.05) is 5.32 Å². The van der Waals surface area contributed by atoms with Crippen LogP contribution in [0.15, 0.2) is 27.7 Å². The van der Waals surface area contributed by atoms with Gasteiger partial charge in [-0.2, -0.15) is 0 Å². The predicted octanol–water partition coefficient (Wildman–Crippen LogP) is 1.50. The Labute approximate surface area is 120 Å². The summed E-state index contributed by atoms with van der Waals surface area (Å²) >= 11 is 4.08. The van der Waals surface area contributed by atoms with Crippen molar-refractivity contribution in [2.24, 2.45) is 4.99 Å². The Kier molecular flexibility index (Phi) is 2.90. The van der Waals surface area contributed by atoms with Gasteiger partial charge >= 0.3 is 0 Å². The fraction of sp³-hybridized carbons (Fsp3) is 0.0909. The van der Waals surface area contributed by atoms with E-state index in [1.807, 2.05) is 0 Å². The zero-order chi connectivity index (χ0) is 13.6. The van der Waals surface area contributed by atoms with Crippen molar-refractivity contribution in [2.45, 2.75) is 5.37 Å². The normalized spacial score (nSPS) is 23.5. The number of rotatable bonds is 1. The molecule has 0 aromatic heterocycles. The minimum Gasteiger partial charge on any atom is -0.320 e. The fourth-order valence-electron chi connectivity index (χ4n) is 1.80. The van der Waals surface area contributed by atoms with E-state index in [4.69, 9.17) is 0 Å². The van der Waals surface area contributed by atoms with E-state index >= 15 is 0 Å². The van der Waals surface area contributed by atoms with E-state index in [1.54, 1.807) is 18.2 Å². The summed E-state index contributed by atoms with van der Waals surface area (Å²) in [4.78, 5) is 38.4. The van der Waals surface area contributed by atoms with E-state index in [0.717, 1.165) is 16.2 Å². The highest BCUT2D eigenvalue weighted by atomic mass is 79.9. The van der Waals surface area contributed by atoms with Gasteiger partial charge in [0.15, 0.2) is 5.37 Å². The Morgan fingerprint density at radius 2 is 2.00 bits per heavy atom. The average molecular weight is 340 g/mol. The van der Waals surface area contributed by atoms with Crippen LogP contribution in [0.5, 0.6) is 0 Å². The molecule has 1 aromatic rings. The van der Waals surface area contributed by atoms with E-state index in [9.17, 15) is 14.4 Å². The van der Waals surface area contributed by atoms with E-state index in [-0.39, 0.29) is 11.6 Å². The quantitative estimate of drug-likeness (QED) is 0.811. The summed E-state index contributed by atoms with van der Waals surface area (Å²) in [6.07, 6.45) is 0. The summed E-state index contributed by atoms with van der Waals surface area (Å²) < 4.78 is 0.801. The number of aliphatic imine (C=N–C) groups is 1. The van der Waals surface area contributed by atoms with Crippen molar-refractivity contribution in [1.82, 2.24) is 5.32 Å². The van der Waals surface area contributed by atoms with Crippen LogP contribution in [0.25, 0.3) is 0 Å². The standard InChI is InChI=1S/C11H6BrN3O3S/c12-4-1-2-6-5(3-4)7(8(16)13-6)14-10-9(17)15-11(18)19-10/h1-3,10H,(H,13,14,16)(H,15,17,18).